The van der Waals surface area contributed by atoms with Crippen molar-refractivity contribution in [3.63, 3.8) is 0 Å². The number of carbonyl (C=O) groups excluding carboxylic acids is 1. The smallest absolute Gasteiger partial charge is 0.303 e. The van der Waals surface area contributed by atoms with Crippen LogP contribution >= 0.6 is 0 Å². The number of amides is 1. The van der Waals surface area contributed by atoms with E-state index in [2.05, 4.69) is 5.32 Å². The average molecular weight is 265 g/mol. The van der Waals surface area contributed by atoms with Crippen LogP contribution in [0.2, 0.25) is 0 Å². The van der Waals surface area contributed by atoms with Crippen LogP contribution in [0.1, 0.15) is 31.2 Å². The zero-order chi connectivity index (χ0) is 14.3. The van der Waals surface area contributed by atoms with Gasteiger partial charge in [0, 0.05) is 12.8 Å². The first kappa shape index (κ1) is 15.0. The van der Waals surface area contributed by atoms with E-state index in [1.54, 1.807) is 13.2 Å². The minimum Gasteiger partial charge on any atom is -0.495 e. The second-order valence-electron chi connectivity index (χ2n) is 4.35. The number of hydrogen-bond acceptors (Lipinski definition) is 3. The number of rotatable bonds is 7. The number of aryl methyl sites for hydroxylation is 1. The maximum Gasteiger partial charge on any atom is 0.303 e. The van der Waals surface area contributed by atoms with Crippen molar-refractivity contribution < 1.29 is 19.4 Å². The molecule has 0 saturated carbocycles. The Kier molecular flexibility index (Phi) is 5.85. The van der Waals surface area contributed by atoms with E-state index in [-0.39, 0.29) is 12.3 Å². The van der Waals surface area contributed by atoms with Gasteiger partial charge < -0.3 is 15.2 Å². The second-order valence-corrected chi connectivity index (χ2v) is 4.35. The summed E-state index contributed by atoms with van der Waals surface area (Å²) in [4.78, 5) is 22.1. The summed E-state index contributed by atoms with van der Waals surface area (Å²) in [7, 11) is 1.55. The van der Waals surface area contributed by atoms with Gasteiger partial charge in [-0.05, 0) is 37.5 Å². The van der Waals surface area contributed by atoms with E-state index in [0.29, 0.717) is 30.7 Å². The van der Waals surface area contributed by atoms with Crippen molar-refractivity contribution in [3.8, 4) is 5.75 Å². The summed E-state index contributed by atoms with van der Waals surface area (Å²) >= 11 is 0. The number of hydrogen-bond donors (Lipinski definition) is 2. The lowest BCUT2D eigenvalue weighted by Gasteiger charge is -2.10. The molecule has 104 valence electrons. The molecular weight excluding hydrogens is 246 g/mol. The first-order valence-electron chi connectivity index (χ1n) is 6.19. The van der Waals surface area contributed by atoms with Crippen molar-refractivity contribution in [2.24, 2.45) is 0 Å². The Morgan fingerprint density at radius 1 is 1.26 bits per heavy atom. The van der Waals surface area contributed by atoms with Gasteiger partial charge in [-0.15, -0.1) is 0 Å². The number of benzene rings is 1. The number of nitrogens with one attached hydrogen (secondary N) is 1. The SMILES string of the molecule is COc1ccc(C)cc1NC(=O)CCCCC(=O)O. The quantitative estimate of drug-likeness (QED) is 0.743. The van der Waals surface area contributed by atoms with Crippen molar-refractivity contribution in [2.75, 3.05) is 12.4 Å². The van der Waals surface area contributed by atoms with Gasteiger partial charge in [-0.1, -0.05) is 6.07 Å². The van der Waals surface area contributed by atoms with Gasteiger partial charge in [0.05, 0.1) is 12.8 Å². The molecule has 0 spiro atoms. The summed E-state index contributed by atoms with van der Waals surface area (Å²) in [6, 6.07) is 5.55. The summed E-state index contributed by atoms with van der Waals surface area (Å²) in [5.74, 6) is -0.348. The van der Waals surface area contributed by atoms with Crippen molar-refractivity contribution in [1.82, 2.24) is 0 Å². The van der Waals surface area contributed by atoms with Crippen LogP contribution in [0.15, 0.2) is 18.2 Å². The highest BCUT2D eigenvalue weighted by molar-refractivity contribution is 5.92. The Bertz CT molecular complexity index is 457. The highest BCUT2D eigenvalue weighted by atomic mass is 16.5. The van der Waals surface area contributed by atoms with E-state index >= 15 is 0 Å². The molecule has 1 rings (SSSR count). The first-order valence-corrected chi connectivity index (χ1v) is 6.19. The van der Waals surface area contributed by atoms with Gasteiger partial charge >= 0.3 is 5.97 Å². The molecule has 0 fully saturated rings. The molecule has 0 aromatic heterocycles. The molecular formula is C14H19NO4. The summed E-state index contributed by atoms with van der Waals surface area (Å²) in [6.07, 6.45) is 1.48. The Labute approximate surface area is 112 Å². The van der Waals surface area contributed by atoms with Gasteiger partial charge in [0.15, 0.2) is 0 Å². The second kappa shape index (κ2) is 7.41. The third-order valence-corrected chi connectivity index (χ3v) is 2.67. The summed E-state index contributed by atoms with van der Waals surface area (Å²) in [5.41, 5.74) is 1.67. The Morgan fingerprint density at radius 3 is 2.58 bits per heavy atom. The largest absolute Gasteiger partial charge is 0.495 e. The normalized spacial score (nSPS) is 10.0. The lowest BCUT2D eigenvalue weighted by Crippen LogP contribution is -2.12. The van der Waals surface area contributed by atoms with Gasteiger partial charge in [0.1, 0.15) is 5.75 Å². The number of unbranched alkanes of at least 4 members (excludes halogenated alkanes) is 1. The lowest BCUT2D eigenvalue weighted by atomic mass is 10.1. The fourth-order valence-electron chi connectivity index (χ4n) is 1.69. The molecule has 5 heteroatoms. The van der Waals surface area contributed by atoms with Crippen LogP contribution in [-0.4, -0.2) is 24.1 Å². The molecule has 0 aliphatic rings. The predicted octanol–water partition coefficient (Wildman–Crippen LogP) is 2.59. The van der Waals surface area contributed by atoms with E-state index in [1.165, 1.54) is 0 Å². The van der Waals surface area contributed by atoms with Gasteiger partial charge in [-0.2, -0.15) is 0 Å². The zero-order valence-electron chi connectivity index (χ0n) is 11.2. The van der Waals surface area contributed by atoms with Crippen LogP contribution in [0.5, 0.6) is 5.75 Å². The molecule has 0 radical (unpaired) electrons. The van der Waals surface area contributed by atoms with Crippen LogP contribution in [0.25, 0.3) is 0 Å². The van der Waals surface area contributed by atoms with Crippen LogP contribution in [0.3, 0.4) is 0 Å². The van der Waals surface area contributed by atoms with E-state index in [9.17, 15) is 9.59 Å². The summed E-state index contributed by atoms with van der Waals surface area (Å²) in [6.45, 7) is 1.93. The average Bonchev–Trinajstić information content (AvgIpc) is 2.35. The molecule has 0 unspecified atom stereocenters. The van der Waals surface area contributed by atoms with Crippen LogP contribution in [0, 0.1) is 6.92 Å². The Morgan fingerprint density at radius 2 is 1.95 bits per heavy atom. The number of methoxy groups -OCH3 is 1. The number of carboxylic acid groups (broad SMARTS) is 1. The third kappa shape index (κ3) is 5.42. The van der Waals surface area contributed by atoms with E-state index in [4.69, 9.17) is 9.84 Å². The fraction of sp³-hybridized carbons (Fsp3) is 0.429. The zero-order valence-corrected chi connectivity index (χ0v) is 11.2. The topological polar surface area (TPSA) is 75.6 Å². The molecule has 1 aromatic carbocycles. The number of aliphatic carboxylic acids is 1. The van der Waals surface area contributed by atoms with Crippen LogP contribution < -0.4 is 10.1 Å². The van der Waals surface area contributed by atoms with Crippen molar-refractivity contribution in [2.45, 2.75) is 32.6 Å². The number of carboxylic acids is 1. The maximum atomic E-state index is 11.7. The highest BCUT2D eigenvalue weighted by Gasteiger charge is 2.08. The van der Waals surface area contributed by atoms with Crippen molar-refractivity contribution >= 4 is 17.6 Å². The predicted molar refractivity (Wildman–Crippen MR) is 72.5 cm³/mol. The van der Waals surface area contributed by atoms with Gasteiger partial charge in [0.2, 0.25) is 5.91 Å². The number of ether oxygens (including phenoxy) is 1. The molecule has 1 amide bonds. The molecule has 19 heavy (non-hydrogen) atoms. The third-order valence-electron chi connectivity index (χ3n) is 2.67. The summed E-state index contributed by atoms with van der Waals surface area (Å²) < 4.78 is 5.17. The van der Waals surface area contributed by atoms with Gasteiger partial charge in [0.25, 0.3) is 0 Å². The molecule has 0 heterocycles. The highest BCUT2D eigenvalue weighted by Crippen LogP contribution is 2.25. The number of anilines is 1. The van der Waals surface area contributed by atoms with E-state index < -0.39 is 5.97 Å². The molecule has 1 aromatic rings. The van der Waals surface area contributed by atoms with Crippen molar-refractivity contribution in [1.29, 1.82) is 0 Å². The monoisotopic (exact) mass is 265 g/mol. The molecule has 2 N–H and O–H groups in total. The molecule has 5 nitrogen and oxygen atoms in total. The fourth-order valence-corrected chi connectivity index (χ4v) is 1.69. The Hall–Kier alpha value is -2.04. The van der Waals surface area contributed by atoms with E-state index in [0.717, 1.165) is 5.56 Å². The lowest BCUT2D eigenvalue weighted by molar-refractivity contribution is -0.137. The van der Waals surface area contributed by atoms with Crippen LogP contribution in [0.4, 0.5) is 5.69 Å². The van der Waals surface area contributed by atoms with Gasteiger partial charge in [-0.3, -0.25) is 9.59 Å². The molecule has 0 aliphatic heterocycles. The van der Waals surface area contributed by atoms with Crippen LogP contribution in [-0.2, 0) is 9.59 Å². The first-order chi connectivity index (χ1) is 9.02. The van der Waals surface area contributed by atoms with Crippen molar-refractivity contribution in [3.05, 3.63) is 23.8 Å². The summed E-state index contributed by atoms with van der Waals surface area (Å²) in [5, 5.41) is 11.3. The minimum absolute atomic E-state index is 0.0983. The standard InChI is InChI=1S/C14H19NO4/c1-10-7-8-12(19-2)11(9-10)15-13(16)5-3-4-6-14(17)18/h7-9H,3-6H2,1-2H3,(H,15,16)(H,17,18). The molecule has 0 atom stereocenters. The van der Waals surface area contributed by atoms with E-state index in [1.807, 2.05) is 19.1 Å². The van der Waals surface area contributed by atoms with Gasteiger partial charge in [-0.25, -0.2) is 0 Å². The minimum atomic E-state index is -0.833. The number of carbonyl (C=O) groups is 2. The molecule has 0 saturated heterocycles. The maximum absolute atomic E-state index is 11.7. The Balaban J connectivity index is 2.47. The molecule has 0 aliphatic carbocycles. The molecule has 0 bridgehead atoms.